The summed E-state index contributed by atoms with van der Waals surface area (Å²) in [4.78, 5) is 22.6. The van der Waals surface area contributed by atoms with E-state index in [1.54, 1.807) is 6.07 Å². The zero-order valence-electron chi connectivity index (χ0n) is 14.9. The number of nitro groups is 1. The van der Waals surface area contributed by atoms with Crippen molar-refractivity contribution in [2.75, 3.05) is 0 Å². The van der Waals surface area contributed by atoms with E-state index in [0.717, 1.165) is 22.6 Å². The highest BCUT2D eigenvalue weighted by molar-refractivity contribution is 5.98. The highest BCUT2D eigenvalue weighted by Gasteiger charge is 2.18. The number of nitrogens with zero attached hydrogens (tertiary/aromatic N) is 3. The molecular formula is C20H18N4O3. The molecule has 0 spiro atoms. The predicted molar refractivity (Wildman–Crippen MR) is 103 cm³/mol. The van der Waals surface area contributed by atoms with Gasteiger partial charge >= 0.3 is 0 Å². The summed E-state index contributed by atoms with van der Waals surface area (Å²) < 4.78 is 2.09. The van der Waals surface area contributed by atoms with Gasteiger partial charge in [-0.05, 0) is 38.1 Å². The third kappa shape index (κ3) is 3.77. The molecule has 2 aromatic carbocycles. The Hall–Kier alpha value is -3.74. The lowest BCUT2D eigenvalue weighted by Crippen LogP contribution is -2.19. The molecule has 27 heavy (non-hydrogen) atoms. The second-order valence-corrected chi connectivity index (χ2v) is 5.97. The molecule has 0 fully saturated rings. The fourth-order valence-electron chi connectivity index (χ4n) is 2.94. The molecule has 3 aromatic rings. The Bertz CT molecular complexity index is 1020. The average molecular weight is 362 g/mol. The SMILES string of the molecule is Cc1cc(/C=N\NC(=O)c2ccccc2[N+](=O)[O-])c(C)n1-c1ccccc1. The lowest BCUT2D eigenvalue weighted by molar-refractivity contribution is -0.385. The first-order valence-electron chi connectivity index (χ1n) is 8.30. The van der Waals surface area contributed by atoms with Crippen molar-refractivity contribution in [2.24, 2.45) is 5.10 Å². The van der Waals surface area contributed by atoms with Crippen LogP contribution in [-0.2, 0) is 0 Å². The molecule has 1 N–H and O–H groups in total. The number of rotatable bonds is 5. The van der Waals surface area contributed by atoms with Gasteiger partial charge in [0.2, 0.25) is 0 Å². The van der Waals surface area contributed by atoms with Crippen molar-refractivity contribution >= 4 is 17.8 Å². The number of carbonyl (C=O) groups is 1. The van der Waals surface area contributed by atoms with Crippen LogP contribution in [0.2, 0.25) is 0 Å². The van der Waals surface area contributed by atoms with Crippen LogP contribution >= 0.6 is 0 Å². The number of hydrazone groups is 1. The number of hydrogen-bond acceptors (Lipinski definition) is 4. The van der Waals surface area contributed by atoms with Crippen LogP contribution in [0.15, 0.2) is 65.8 Å². The summed E-state index contributed by atoms with van der Waals surface area (Å²) in [6.07, 6.45) is 1.54. The molecule has 0 atom stereocenters. The standard InChI is InChI=1S/C20H18N4O3/c1-14-12-16(15(2)23(14)17-8-4-3-5-9-17)13-21-22-20(25)18-10-6-7-11-19(18)24(26)27/h3-13H,1-2H3,(H,22,25)/b21-13-. The van der Waals surface area contributed by atoms with Crippen molar-refractivity contribution in [3.8, 4) is 5.69 Å². The first kappa shape index (κ1) is 18.1. The van der Waals surface area contributed by atoms with Crippen LogP contribution in [-0.4, -0.2) is 21.6 Å². The van der Waals surface area contributed by atoms with E-state index in [1.807, 2.05) is 50.2 Å². The Kier molecular flexibility index (Phi) is 5.12. The maximum atomic E-state index is 12.2. The number of aryl methyl sites for hydroxylation is 1. The van der Waals surface area contributed by atoms with Crippen molar-refractivity contribution in [1.29, 1.82) is 0 Å². The Morgan fingerprint density at radius 3 is 2.48 bits per heavy atom. The van der Waals surface area contributed by atoms with E-state index in [0.29, 0.717) is 0 Å². The molecule has 1 aromatic heterocycles. The molecule has 136 valence electrons. The molecule has 0 bridgehead atoms. The molecule has 7 nitrogen and oxygen atoms in total. The largest absolute Gasteiger partial charge is 0.318 e. The molecule has 7 heteroatoms. The normalized spacial score (nSPS) is 10.9. The van der Waals surface area contributed by atoms with Gasteiger partial charge in [-0.15, -0.1) is 0 Å². The van der Waals surface area contributed by atoms with Gasteiger partial charge in [-0.1, -0.05) is 30.3 Å². The number of nitrogens with one attached hydrogen (secondary N) is 1. The average Bonchev–Trinajstić information content (AvgIpc) is 2.95. The number of nitro benzene ring substituents is 1. The van der Waals surface area contributed by atoms with Crippen molar-refractivity contribution in [3.05, 3.63) is 93.3 Å². The molecule has 0 aliphatic rings. The molecule has 0 saturated heterocycles. The quantitative estimate of drug-likeness (QED) is 0.426. The van der Waals surface area contributed by atoms with Gasteiger partial charge in [-0.2, -0.15) is 5.10 Å². The fourth-order valence-corrected chi connectivity index (χ4v) is 2.94. The Labute approximate surface area is 156 Å². The number of hydrogen-bond donors (Lipinski definition) is 1. The van der Waals surface area contributed by atoms with E-state index in [-0.39, 0.29) is 11.3 Å². The highest BCUT2D eigenvalue weighted by Crippen LogP contribution is 2.20. The van der Waals surface area contributed by atoms with E-state index in [2.05, 4.69) is 15.1 Å². The van der Waals surface area contributed by atoms with Gasteiger partial charge in [0, 0.05) is 28.7 Å². The van der Waals surface area contributed by atoms with Gasteiger partial charge in [-0.25, -0.2) is 5.43 Å². The first-order chi connectivity index (χ1) is 13.0. The molecule has 0 saturated carbocycles. The lowest BCUT2D eigenvalue weighted by Gasteiger charge is -2.08. The van der Waals surface area contributed by atoms with Crippen LogP contribution in [0.4, 0.5) is 5.69 Å². The maximum Gasteiger partial charge on any atom is 0.282 e. The van der Waals surface area contributed by atoms with Gasteiger partial charge in [0.15, 0.2) is 0 Å². The van der Waals surface area contributed by atoms with E-state index in [9.17, 15) is 14.9 Å². The number of carbonyl (C=O) groups excluding carboxylic acids is 1. The van der Waals surface area contributed by atoms with Crippen LogP contribution in [0.1, 0.15) is 27.3 Å². The Morgan fingerprint density at radius 1 is 1.11 bits per heavy atom. The number of para-hydroxylation sites is 2. The third-order valence-corrected chi connectivity index (χ3v) is 4.20. The molecule has 0 unspecified atom stereocenters. The minimum Gasteiger partial charge on any atom is -0.318 e. The number of aromatic nitrogens is 1. The van der Waals surface area contributed by atoms with Crippen LogP contribution in [0, 0.1) is 24.0 Å². The minimum absolute atomic E-state index is 0.0330. The second-order valence-electron chi connectivity index (χ2n) is 5.97. The molecule has 1 amide bonds. The van der Waals surface area contributed by atoms with Crippen molar-refractivity contribution in [3.63, 3.8) is 0 Å². The highest BCUT2D eigenvalue weighted by atomic mass is 16.6. The van der Waals surface area contributed by atoms with Crippen molar-refractivity contribution in [1.82, 2.24) is 9.99 Å². The third-order valence-electron chi connectivity index (χ3n) is 4.20. The maximum absolute atomic E-state index is 12.2. The van der Waals surface area contributed by atoms with Crippen LogP contribution in [0.3, 0.4) is 0 Å². The molecule has 1 heterocycles. The van der Waals surface area contributed by atoms with Crippen molar-refractivity contribution < 1.29 is 9.72 Å². The zero-order valence-corrected chi connectivity index (χ0v) is 14.9. The molecule has 0 aliphatic heterocycles. The number of benzene rings is 2. The smallest absolute Gasteiger partial charge is 0.282 e. The zero-order chi connectivity index (χ0) is 19.4. The second kappa shape index (κ2) is 7.65. The topological polar surface area (TPSA) is 89.5 Å². The molecule has 0 radical (unpaired) electrons. The van der Waals surface area contributed by atoms with Gasteiger partial charge in [-0.3, -0.25) is 14.9 Å². The molecule has 0 aliphatic carbocycles. The summed E-state index contributed by atoms with van der Waals surface area (Å²) in [5.74, 6) is -0.629. The van der Waals surface area contributed by atoms with Gasteiger partial charge < -0.3 is 4.57 Å². The van der Waals surface area contributed by atoms with Gasteiger partial charge in [0.1, 0.15) is 5.56 Å². The fraction of sp³-hybridized carbons (Fsp3) is 0.100. The van der Waals surface area contributed by atoms with Gasteiger partial charge in [0.25, 0.3) is 11.6 Å². The van der Waals surface area contributed by atoms with E-state index in [1.165, 1.54) is 24.4 Å². The summed E-state index contributed by atoms with van der Waals surface area (Å²) in [6, 6.07) is 17.6. The minimum atomic E-state index is -0.629. The van der Waals surface area contributed by atoms with Crippen LogP contribution in [0.25, 0.3) is 5.69 Å². The Balaban J connectivity index is 1.80. The molecule has 3 rings (SSSR count). The molecular weight excluding hydrogens is 344 g/mol. The predicted octanol–water partition coefficient (Wildman–Crippen LogP) is 3.77. The summed E-state index contributed by atoms with van der Waals surface area (Å²) in [7, 11) is 0. The summed E-state index contributed by atoms with van der Waals surface area (Å²) in [6.45, 7) is 3.95. The summed E-state index contributed by atoms with van der Waals surface area (Å²) in [5.41, 5.74) is 5.96. The van der Waals surface area contributed by atoms with Gasteiger partial charge in [0.05, 0.1) is 11.1 Å². The monoisotopic (exact) mass is 362 g/mol. The number of amides is 1. The van der Waals surface area contributed by atoms with Crippen molar-refractivity contribution in [2.45, 2.75) is 13.8 Å². The summed E-state index contributed by atoms with van der Waals surface area (Å²) >= 11 is 0. The van der Waals surface area contributed by atoms with E-state index >= 15 is 0 Å². The van der Waals surface area contributed by atoms with Crippen LogP contribution in [0.5, 0.6) is 0 Å². The summed E-state index contributed by atoms with van der Waals surface area (Å²) in [5, 5.41) is 15.0. The Morgan fingerprint density at radius 2 is 1.78 bits per heavy atom. The van der Waals surface area contributed by atoms with E-state index < -0.39 is 10.8 Å². The first-order valence-corrected chi connectivity index (χ1v) is 8.30. The lowest BCUT2D eigenvalue weighted by atomic mass is 10.2. The van der Waals surface area contributed by atoms with Crippen LogP contribution < -0.4 is 5.43 Å². The van der Waals surface area contributed by atoms with E-state index in [4.69, 9.17) is 0 Å².